The zero-order chi connectivity index (χ0) is 18.0. The van der Waals surface area contributed by atoms with Gasteiger partial charge >= 0.3 is 0 Å². The maximum Gasteiger partial charge on any atom is 0.200 e. The number of halogens is 1. The number of H-pyrrole nitrogens is 1. The Labute approximate surface area is 156 Å². The van der Waals surface area contributed by atoms with Crippen molar-refractivity contribution in [1.82, 2.24) is 29.8 Å². The molecule has 5 aromatic rings. The first kappa shape index (κ1) is 15.0. The van der Waals surface area contributed by atoms with Crippen LogP contribution in [0.25, 0.3) is 38.6 Å². The van der Waals surface area contributed by atoms with Crippen molar-refractivity contribution in [1.29, 1.82) is 0 Å². The van der Waals surface area contributed by atoms with E-state index in [2.05, 4.69) is 20.3 Å². The highest BCUT2D eigenvalue weighted by Gasteiger charge is 2.22. The lowest BCUT2D eigenvalue weighted by atomic mass is 10.1. The van der Waals surface area contributed by atoms with Crippen LogP contribution in [0.3, 0.4) is 0 Å². The highest BCUT2D eigenvalue weighted by atomic mass is 32.1. The Balaban J connectivity index is 1.48. The average molecular weight is 376 g/mol. The maximum atomic E-state index is 13.1. The molecule has 1 aliphatic carbocycles. The van der Waals surface area contributed by atoms with E-state index < -0.39 is 0 Å². The molecule has 0 unspecified atom stereocenters. The molecule has 0 saturated carbocycles. The summed E-state index contributed by atoms with van der Waals surface area (Å²) in [5.41, 5.74) is 4.50. The third kappa shape index (κ3) is 2.23. The summed E-state index contributed by atoms with van der Waals surface area (Å²) >= 11 is 1.77. The molecule has 0 bridgehead atoms. The zero-order valence-electron chi connectivity index (χ0n) is 14.1. The number of benzene rings is 1. The third-order valence-electron chi connectivity index (χ3n) is 5.00. The number of thiophene rings is 1. The van der Waals surface area contributed by atoms with Gasteiger partial charge in [0, 0.05) is 10.4 Å². The monoisotopic (exact) mass is 376 g/mol. The highest BCUT2D eigenvalue weighted by Crippen LogP contribution is 2.38. The molecule has 1 aliphatic rings. The van der Waals surface area contributed by atoms with Gasteiger partial charge in [-0.15, -0.1) is 16.4 Å². The molecule has 4 aromatic heterocycles. The van der Waals surface area contributed by atoms with Crippen molar-refractivity contribution in [2.75, 3.05) is 0 Å². The van der Waals surface area contributed by atoms with Gasteiger partial charge in [0.1, 0.15) is 22.7 Å². The predicted octanol–water partition coefficient (Wildman–Crippen LogP) is 4.02. The summed E-state index contributed by atoms with van der Waals surface area (Å²) < 4.78 is 14.9. The van der Waals surface area contributed by atoms with Crippen LogP contribution in [-0.4, -0.2) is 29.8 Å². The quantitative estimate of drug-likeness (QED) is 0.505. The summed E-state index contributed by atoms with van der Waals surface area (Å²) in [5.74, 6) is 0.305. The van der Waals surface area contributed by atoms with E-state index in [1.165, 1.54) is 29.0 Å². The first-order valence-electron chi connectivity index (χ1n) is 8.73. The molecule has 4 heterocycles. The Morgan fingerprint density at radius 2 is 2.04 bits per heavy atom. The molecule has 0 aliphatic heterocycles. The van der Waals surface area contributed by atoms with Crippen molar-refractivity contribution in [3.8, 4) is 22.8 Å². The van der Waals surface area contributed by atoms with Gasteiger partial charge in [0.05, 0.1) is 11.1 Å². The minimum atomic E-state index is -0.267. The van der Waals surface area contributed by atoms with Gasteiger partial charge in [0.2, 0.25) is 0 Å². The van der Waals surface area contributed by atoms with Crippen LogP contribution in [0, 0.1) is 5.82 Å². The standard InChI is InChI=1S/C19H13FN6S/c20-11-6-4-10(5-7-11)13-8-14(24-23-13)17-22-18-16-12-2-1-3-15(12)27-19(16)21-9-26(18)25-17/h4-9H,1-3H2,(H,23,24). The van der Waals surface area contributed by atoms with Crippen molar-refractivity contribution in [2.45, 2.75) is 19.3 Å². The molecular weight excluding hydrogens is 363 g/mol. The van der Waals surface area contributed by atoms with Gasteiger partial charge in [-0.05, 0) is 55.2 Å². The Bertz CT molecular complexity index is 1310. The number of rotatable bonds is 2. The Hall–Kier alpha value is -3.13. The Morgan fingerprint density at radius 1 is 1.15 bits per heavy atom. The summed E-state index contributed by atoms with van der Waals surface area (Å²) in [5, 5.41) is 13.0. The molecule has 6 rings (SSSR count). The molecule has 1 N–H and O–H groups in total. The van der Waals surface area contributed by atoms with Crippen molar-refractivity contribution < 1.29 is 4.39 Å². The maximum absolute atomic E-state index is 13.1. The molecule has 0 fully saturated rings. The lowest BCUT2D eigenvalue weighted by molar-refractivity contribution is 0.628. The van der Waals surface area contributed by atoms with E-state index in [9.17, 15) is 4.39 Å². The van der Waals surface area contributed by atoms with E-state index >= 15 is 0 Å². The van der Waals surface area contributed by atoms with E-state index in [1.54, 1.807) is 34.3 Å². The highest BCUT2D eigenvalue weighted by molar-refractivity contribution is 7.19. The van der Waals surface area contributed by atoms with Crippen LogP contribution in [-0.2, 0) is 12.8 Å². The van der Waals surface area contributed by atoms with Crippen LogP contribution in [0.1, 0.15) is 16.9 Å². The summed E-state index contributed by atoms with van der Waals surface area (Å²) in [6.07, 6.45) is 5.13. The molecule has 0 radical (unpaired) electrons. The molecule has 27 heavy (non-hydrogen) atoms. The minimum absolute atomic E-state index is 0.267. The van der Waals surface area contributed by atoms with Gasteiger partial charge in [-0.25, -0.2) is 18.9 Å². The molecule has 0 amide bonds. The molecule has 6 nitrogen and oxygen atoms in total. The smallest absolute Gasteiger partial charge is 0.200 e. The fraction of sp³-hybridized carbons (Fsp3) is 0.158. The normalized spacial score (nSPS) is 13.7. The Morgan fingerprint density at radius 3 is 2.93 bits per heavy atom. The van der Waals surface area contributed by atoms with E-state index in [0.717, 1.165) is 45.7 Å². The second kappa shape index (κ2) is 5.43. The largest absolute Gasteiger partial charge is 0.274 e. The molecule has 8 heteroatoms. The first-order valence-corrected chi connectivity index (χ1v) is 9.55. The van der Waals surface area contributed by atoms with Crippen LogP contribution in [0.15, 0.2) is 36.7 Å². The summed E-state index contributed by atoms with van der Waals surface area (Å²) in [6, 6.07) is 8.13. The van der Waals surface area contributed by atoms with Crippen LogP contribution in [0.5, 0.6) is 0 Å². The van der Waals surface area contributed by atoms with Crippen molar-refractivity contribution >= 4 is 27.2 Å². The lowest BCUT2D eigenvalue weighted by Crippen LogP contribution is -1.90. The Kier molecular flexibility index (Phi) is 3.01. The number of aromatic amines is 1. The zero-order valence-corrected chi connectivity index (χ0v) is 14.9. The summed E-state index contributed by atoms with van der Waals surface area (Å²) in [7, 11) is 0. The molecule has 132 valence electrons. The first-order chi connectivity index (χ1) is 13.3. The van der Waals surface area contributed by atoms with Gasteiger partial charge in [0.15, 0.2) is 11.5 Å². The number of aryl methyl sites for hydroxylation is 2. The summed E-state index contributed by atoms with van der Waals surface area (Å²) in [6.45, 7) is 0. The number of hydrogen-bond acceptors (Lipinski definition) is 5. The SMILES string of the molecule is Fc1ccc(-c2cc(-c3nc4c5c6c(sc5ncn4n3)CCC6)[nH]n2)cc1. The molecule has 1 aromatic carbocycles. The van der Waals surface area contributed by atoms with E-state index in [1.807, 2.05) is 6.07 Å². The van der Waals surface area contributed by atoms with Gasteiger partial charge in [-0.2, -0.15) is 5.10 Å². The average Bonchev–Trinajstić information content (AvgIpc) is 3.43. The fourth-order valence-electron chi connectivity index (χ4n) is 3.71. The second-order valence-electron chi connectivity index (χ2n) is 6.66. The number of hydrogen-bond donors (Lipinski definition) is 1. The molecule has 0 spiro atoms. The third-order valence-corrected chi connectivity index (χ3v) is 6.20. The number of aromatic nitrogens is 6. The molecular formula is C19H13FN6S. The number of nitrogens with one attached hydrogen (secondary N) is 1. The fourth-order valence-corrected chi connectivity index (χ4v) is 4.94. The van der Waals surface area contributed by atoms with Gasteiger partial charge in [-0.3, -0.25) is 5.10 Å². The predicted molar refractivity (Wildman–Crippen MR) is 101 cm³/mol. The van der Waals surface area contributed by atoms with E-state index in [-0.39, 0.29) is 5.82 Å². The van der Waals surface area contributed by atoms with Gasteiger partial charge in [-0.1, -0.05) is 0 Å². The van der Waals surface area contributed by atoms with Crippen LogP contribution < -0.4 is 0 Å². The molecule has 0 atom stereocenters. The van der Waals surface area contributed by atoms with Gasteiger partial charge in [0.25, 0.3) is 0 Å². The summed E-state index contributed by atoms with van der Waals surface area (Å²) in [4.78, 5) is 11.8. The lowest BCUT2D eigenvalue weighted by Gasteiger charge is -1.95. The van der Waals surface area contributed by atoms with Crippen LogP contribution >= 0.6 is 11.3 Å². The second-order valence-corrected chi connectivity index (χ2v) is 7.74. The minimum Gasteiger partial charge on any atom is -0.274 e. The van der Waals surface area contributed by atoms with E-state index in [4.69, 9.17) is 4.98 Å². The number of nitrogens with zero attached hydrogens (tertiary/aromatic N) is 5. The topological polar surface area (TPSA) is 71.8 Å². The van der Waals surface area contributed by atoms with E-state index in [0.29, 0.717) is 5.82 Å². The molecule has 0 saturated heterocycles. The van der Waals surface area contributed by atoms with Gasteiger partial charge < -0.3 is 0 Å². The van der Waals surface area contributed by atoms with Crippen molar-refractivity contribution in [3.63, 3.8) is 0 Å². The van der Waals surface area contributed by atoms with Crippen molar-refractivity contribution in [2.24, 2.45) is 0 Å². The number of fused-ring (bicyclic) bond motifs is 5. The van der Waals surface area contributed by atoms with Crippen molar-refractivity contribution in [3.05, 3.63) is 52.9 Å². The van der Waals surface area contributed by atoms with Crippen LogP contribution in [0.4, 0.5) is 4.39 Å². The van der Waals surface area contributed by atoms with Crippen LogP contribution in [0.2, 0.25) is 0 Å².